The van der Waals surface area contributed by atoms with Crippen LogP contribution < -0.4 is 10.9 Å². The molecule has 0 radical (unpaired) electrons. The van der Waals surface area contributed by atoms with Crippen molar-refractivity contribution >= 4 is 11.6 Å². The standard InChI is InChI=1S/C17H26N2O4/c1-13-5-3-4-6-15(13)23-12-16(20)18-14-7-8-17(21)19(11-14)9-10-22-2/h7-8,11,13,15H,3-6,9-10,12H2,1-2H3,(H,18,20)/t13-,15+/m0/s1. The minimum atomic E-state index is -0.195. The zero-order chi connectivity index (χ0) is 16.7. The molecule has 1 saturated carbocycles. The number of carbonyl (C=O) groups excluding carboxylic acids is 1. The zero-order valence-electron chi connectivity index (χ0n) is 13.9. The van der Waals surface area contributed by atoms with E-state index in [1.165, 1.54) is 23.5 Å². The van der Waals surface area contributed by atoms with Gasteiger partial charge in [0, 0.05) is 25.9 Å². The van der Waals surface area contributed by atoms with Crippen molar-refractivity contribution in [3.63, 3.8) is 0 Å². The lowest BCUT2D eigenvalue weighted by atomic mass is 9.88. The van der Waals surface area contributed by atoms with Crippen LogP contribution in [0.25, 0.3) is 0 Å². The first-order chi connectivity index (χ1) is 11.1. The van der Waals surface area contributed by atoms with Crippen LogP contribution in [0.3, 0.4) is 0 Å². The maximum atomic E-state index is 12.0. The highest BCUT2D eigenvalue weighted by Crippen LogP contribution is 2.26. The maximum Gasteiger partial charge on any atom is 0.250 e. The number of aromatic nitrogens is 1. The van der Waals surface area contributed by atoms with E-state index in [1.807, 2.05) is 0 Å². The smallest absolute Gasteiger partial charge is 0.250 e. The molecule has 1 N–H and O–H groups in total. The fourth-order valence-electron chi connectivity index (χ4n) is 2.88. The zero-order valence-corrected chi connectivity index (χ0v) is 13.9. The summed E-state index contributed by atoms with van der Waals surface area (Å²) in [5.41, 5.74) is 0.471. The molecule has 1 fully saturated rings. The van der Waals surface area contributed by atoms with E-state index in [2.05, 4.69) is 12.2 Å². The minimum absolute atomic E-state index is 0.0478. The number of amides is 1. The molecule has 1 heterocycles. The fourth-order valence-corrected chi connectivity index (χ4v) is 2.88. The van der Waals surface area contributed by atoms with E-state index >= 15 is 0 Å². The highest BCUT2D eigenvalue weighted by Gasteiger charge is 2.22. The largest absolute Gasteiger partial charge is 0.383 e. The summed E-state index contributed by atoms with van der Waals surface area (Å²) >= 11 is 0. The second-order valence-electron chi connectivity index (χ2n) is 6.10. The number of hydrogen-bond acceptors (Lipinski definition) is 4. The number of ether oxygens (including phenoxy) is 2. The van der Waals surface area contributed by atoms with Crippen molar-refractivity contribution in [3.05, 3.63) is 28.7 Å². The number of pyridine rings is 1. The summed E-state index contributed by atoms with van der Waals surface area (Å²) in [7, 11) is 1.58. The first-order valence-electron chi connectivity index (χ1n) is 8.21. The molecule has 1 aromatic rings. The molecule has 2 rings (SSSR count). The van der Waals surface area contributed by atoms with Gasteiger partial charge >= 0.3 is 0 Å². The number of hydrogen-bond donors (Lipinski definition) is 1. The number of nitrogens with zero attached hydrogens (tertiary/aromatic N) is 1. The molecule has 1 aliphatic rings. The van der Waals surface area contributed by atoms with Crippen molar-refractivity contribution in [3.8, 4) is 0 Å². The molecule has 0 spiro atoms. The molecule has 6 heteroatoms. The third-order valence-electron chi connectivity index (χ3n) is 4.26. The molecule has 1 aromatic heterocycles. The minimum Gasteiger partial charge on any atom is -0.383 e. The third kappa shape index (κ3) is 5.48. The normalized spacial score (nSPS) is 21.1. The lowest BCUT2D eigenvalue weighted by Crippen LogP contribution is -2.30. The summed E-state index contributed by atoms with van der Waals surface area (Å²) in [5.74, 6) is 0.312. The van der Waals surface area contributed by atoms with Crippen LogP contribution in [0.5, 0.6) is 0 Å². The Morgan fingerprint density at radius 2 is 2.13 bits per heavy atom. The topological polar surface area (TPSA) is 69.6 Å². The van der Waals surface area contributed by atoms with Gasteiger partial charge in [-0.25, -0.2) is 0 Å². The van der Waals surface area contributed by atoms with Crippen molar-refractivity contribution in [2.75, 3.05) is 25.6 Å². The maximum absolute atomic E-state index is 12.0. The fraction of sp³-hybridized carbons (Fsp3) is 0.647. The highest BCUT2D eigenvalue weighted by molar-refractivity contribution is 5.91. The Bertz CT molecular complexity index is 570. The highest BCUT2D eigenvalue weighted by atomic mass is 16.5. The molecular weight excluding hydrogens is 296 g/mol. The molecule has 0 aliphatic heterocycles. The van der Waals surface area contributed by atoms with Crippen molar-refractivity contribution < 1.29 is 14.3 Å². The summed E-state index contributed by atoms with van der Waals surface area (Å²) in [5, 5.41) is 2.78. The summed E-state index contributed by atoms with van der Waals surface area (Å²) in [6.45, 7) is 3.12. The quantitative estimate of drug-likeness (QED) is 0.834. The van der Waals surface area contributed by atoms with Gasteiger partial charge < -0.3 is 19.4 Å². The Hall–Kier alpha value is -1.66. The van der Waals surface area contributed by atoms with E-state index in [9.17, 15) is 9.59 Å². The van der Waals surface area contributed by atoms with Crippen molar-refractivity contribution in [1.29, 1.82) is 0 Å². The average molecular weight is 322 g/mol. The predicted molar refractivity (Wildman–Crippen MR) is 88.6 cm³/mol. The van der Waals surface area contributed by atoms with Gasteiger partial charge in [-0.1, -0.05) is 19.8 Å². The molecular formula is C17H26N2O4. The summed E-state index contributed by atoms with van der Waals surface area (Å²) < 4.78 is 12.2. The molecule has 6 nitrogen and oxygen atoms in total. The average Bonchev–Trinajstić information content (AvgIpc) is 2.54. The van der Waals surface area contributed by atoms with E-state index < -0.39 is 0 Å². The van der Waals surface area contributed by atoms with Crippen LogP contribution in [-0.2, 0) is 20.8 Å². The van der Waals surface area contributed by atoms with Gasteiger partial charge in [0.1, 0.15) is 6.61 Å². The van der Waals surface area contributed by atoms with Crippen LogP contribution in [0.4, 0.5) is 5.69 Å². The number of rotatable bonds is 7. The third-order valence-corrected chi connectivity index (χ3v) is 4.26. The monoisotopic (exact) mass is 322 g/mol. The van der Waals surface area contributed by atoms with Gasteiger partial charge in [0.15, 0.2) is 0 Å². The number of methoxy groups -OCH3 is 1. The van der Waals surface area contributed by atoms with E-state index in [-0.39, 0.29) is 24.2 Å². The van der Waals surface area contributed by atoms with E-state index in [0.717, 1.165) is 12.8 Å². The predicted octanol–water partition coefficient (Wildman–Crippen LogP) is 2.03. The Morgan fingerprint density at radius 1 is 1.35 bits per heavy atom. The Balaban J connectivity index is 1.86. The van der Waals surface area contributed by atoms with Gasteiger partial charge in [-0.3, -0.25) is 9.59 Å². The summed E-state index contributed by atoms with van der Waals surface area (Å²) in [6, 6.07) is 3.04. The van der Waals surface area contributed by atoms with Crippen LogP contribution in [0.15, 0.2) is 23.1 Å². The molecule has 2 atom stereocenters. The second kappa shape index (κ2) is 8.84. The molecule has 1 amide bonds. The summed E-state index contributed by atoms with van der Waals surface area (Å²) in [6.07, 6.45) is 6.40. The van der Waals surface area contributed by atoms with Gasteiger partial charge in [-0.05, 0) is 24.8 Å². The van der Waals surface area contributed by atoms with Crippen molar-refractivity contribution in [1.82, 2.24) is 4.57 Å². The van der Waals surface area contributed by atoms with E-state index in [1.54, 1.807) is 19.4 Å². The Morgan fingerprint density at radius 3 is 2.87 bits per heavy atom. The number of carbonyl (C=O) groups is 1. The molecule has 0 bridgehead atoms. The van der Waals surface area contributed by atoms with Crippen LogP contribution in [-0.4, -0.2) is 36.9 Å². The number of anilines is 1. The van der Waals surface area contributed by atoms with Crippen LogP contribution in [0, 0.1) is 5.92 Å². The first kappa shape index (κ1) is 17.7. The van der Waals surface area contributed by atoms with Crippen molar-refractivity contribution in [2.24, 2.45) is 5.92 Å². The molecule has 1 aliphatic carbocycles. The molecule has 0 aromatic carbocycles. The summed E-state index contributed by atoms with van der Waals surface area (Å²) in [4.78, 5) is 23.7. The van der Waals surface area contributed by atoms with Crippen LogP contribution in [0.2, 0.25) is 0 Å². The Labute approximate surface area is 136 Å². The van der Waals surface area contributed by atoms with E-state index in [0.29, 0.717) is 24.8 Å². The lowest BCUT2D eigenvalue weighted by molar-refractivity contribution is -0.124. The first-order valence-corrected chi connectivity index (χ1v) is 8.21. The second-order valence-corrected chi connectivity index (χ2v) is 6.10. The van der Waals surface area contributed by atoms with E-state index in [4.69, 9.17) is 9.47 Å². The van der Waals surface area contributed by atoms with Gasteiger partial charge in [0.2, 0.25) is 5.91 Å². The van der Waals surface area contributed by atoms with Gasteiger partial charge in [0.05, 0.1) is 18.4 Å². The van der Waals surface area contributed by atoms with Gasteiger partial charge in [0.25, 0.3) is 5.56 Å². The lowest BCUT2D eigenvalue weighted by Gasteiger charge is -2.28. The molecule has 0 unspecified atom stereocenters. The van der Waals surface area contributed by atoms with Crippen molar-refractivity contribution in [2.45, 2.75) is 45.3 Å². The number of nitrogens with one attached hydrogen (secondary N) is 1. The molecule has 128 valence electrons. The molecule has 0 saturated heterocycles. The molecule has 23 heavy (non-hydrogen) atoms. The van der Waals surface area contributed by atoms with Crippen LogP contribution in [0.1, 0.15) is 32.6 Å². The van der Waals surface area contributed by atoms with Gasteiger partial charge in [-0.2, -0.15) is 0 Å². The van der Waals surface area contributed by atoms with Crippen LogP contribution >= 0.6 is 0 Å². The SMILES string of the molecule is COCCn1cc(NC(=O)CO[C@@H]2CCCC[C@@H]2C)ccc1=O. The van der Waals surface area contributed by atoms with Gasteiger partial charge in [-0.15, -0.1) is 0 Å². The Kier molecular flexibility index (Phi) is 6.80.